The molecule has 0 bridgehead atoms. The minimum atomic E-state index is -0.296. The molecule has 3 rings (SSSR count). The van der Waals surface area contributed by atoms with E-state index in [1.54, 1.807) is 6.92 Å². The number of aryl methyl sites for hydroxylation is 2. The summed E-state index contributed by atoms with van der Waals surface area (Å²) in [7, 11) is 0. The Kier molecular flexibility index (Phi) is 4.77. The Labute approximate surface area is 139 Å². The van der Waals surface area contributed by atoms with Crippen molar-refractivity contribution in [3.05, 3.63) is 16.3 Å². The van der Waals surface area contributed by atoms with Gasteiger partial charge in [0.2, 0.25) is 0 Å². The van der Waals surface area contributed by atoms with E-state index in [1.165, 1.54) is 11.3 Å². The van der Waals surface area contributed by atoms with Crippen LogP contribution in [0.4, 0.5) is 5.82 Å². The molecule has 0 radical (unpaired) electrons. The fraction of sp³-hybridized carbons (Fsp3) is 0.562. The zero-order valence-electron chi connectivity index (χ0n) is 13.6. The van der Waals surface area contributed by atoms with Crippen LogP contribution in [0.2, 0.25) is 0 Å². The topological polar surface area (TPSA) is 73.3 Å². The van der Waals surface area contributed by atoms with Gasteiger partial charge in [-0.25, -0.2) is 14.8 Å². The van der Waals surface area contributed by atoms with E-state index >= 15 is 0 Å². The normalized spacial score (nSPS) is 17.6. The van der Waals surface area contributed by atoms with Crippen LogP contribution in [0.3, 0.4) is 0 Å². The maximum absolute atomic E-state index is 12.1. The summed E-state index contributed by atoms with van der Waals surface area (Å²) in [6, 6.07) is 0. The molecule has 0 spiro atoms. The van der Waals surface area contributed by atoms with E-state index in [4.69, 9.17) is 9.47 Å². The number of carbonyl (C=O) groups is 1. The van der Waals surface area contributed by atoms with Gasteiger partial charge in [0.25, 0.3) is 0 Å². The van der Waals surface area contributed by atoms with E-state index < -0.39 is 0 Å². The molecule has 0 unspecified atom stereocenters. The van der Waals surface area contributed by atoms with Crippen LogP contribution in [0.5, 0.6) is 0 Å². The first kappa shape index (κ1) is 16.1. The van der Waals surface area contributed by atoms with Crippen LogP contribution >= 0.6 is 11.3 Å². The molecule has 23 heavy (non-hydrogen) atoms. The predicted octanol–water partition coefficient (Wildman–Crippen LogP) is 3.08. The molecule has 1 atom stereocenters. The number of rotatable bonds is 5. The summed E-state index contributed by atoms with van der Waals surface area (Å²) in [5.41, 5.74) is 0.873. The number of esters is 1. The number of fused-ring (bicyclic) bond motifs is 1. The van der Waals surface area contributed by atoms with Crippen LogP contribution in [-0.4, -0.2) is 41.8 Å². The largest absolute Gasteiger partial charge is 0.462 e. The number of nitrogens with one attached hydrogen (secondary N) is 1. The molecule has 124 valence electrons. The maximum atomic E-state index is 12.1. The average molecular weight is 335 g/mol. The van der Waals surface area contributed by atoms with Crippen LogP contribution in [0, 0.1) is 13.8 Å². The van der Waals surface area contributed by atoms with Gasteiger partial charge in [-0.15, -0.1) is 11.3 Å². The lowest BCUT2D eigenvalue weighted by atomic mass is 10.2. The Hall–Kier alpha value is -1.73. The molecule has 2 aromatic heterocycles. The molecule has 0 aliphatic carbocycles. The molecule has 1 N–H and O–H groups in total. The first-order valence-electron chi connectivity index (χ1n) is 7.90. The summed E-state index contributed by atoms with van der Waals surface area (Å²) in [5, 5.41) is 4.28. The highest BCUT2D eigenvalue weighted by atomic mass is 32.1. The van der Waals surface area contributed by atoms with Crippen molar-refractivity contribution in [3.8, 4) is 0 Å². The molecule has 0 aromatic carbocycles. The van der Waals surface area contributed by atoms with Crippen molar-refractivity contribution in [2.45, 2.75) is 39.7 Å². The number of thiophene rings is 1. The van der Waals surface area contributed by atoms with Gasteiger partial charge in [-0.1, -0.05) is 0 Å². The van der Waals surface area contributed by atoms with Crippen molar-refractivity contribution in [1.82, 2.24) is 9.97 Å². The highest BCUT2D eigenvalue weighted by Crippen LogP contribution is 2.34. The lowest BCUT2D eigenvalue weighted by Gasteiger charge is -2.12. The molecule has 1 saturated heterocycles. The first-order valence-corrected chi connectivity index (χ1v) is 8.72. The number of hydrogen-bond donors (Lipinski definition) is 1. The van der Waals surface area contributed by atoms with Gasteiger partial charge in [0.05, 0.1) is 18.1 Å². The van der Waals surface area contributed by atoms with Gasteiger partial charge in [-0.05, 0) is 39.2 Å². The molecular formula is C16H21N3O3S. The minimum absolute atomic E-state index is 0.226. The Bertz CT molecular complexity index is 723. The summed E-state index contributed by atoms with van der Waals surface area (Å²) in [6.45, 7) is 7.49. The summed E-state index contributed by atoms with van der Waals surface area (Å²) < 4.78 is 10.8. The number of hydrogen-bond acceptors (Lipinski definition) is 7. The summed E-state index contributed by atoms with van der Waals surface area (Å²) in [6.07, 6.45) is 2.40. The van der Waals surface area contributed by atoms with Crippen molar-refractivity contribution in [2.24, 2.45) is 0 Å². The van der Waals surface area contributed by atoms with E-state index in [0.29, 0.717) is 17.3 Å². The zero-order valence-corrected chi connectivity index (χ0v) is 14.5. The summed E-state index contributed by atoms with van der Waals surface area (Å²) in [4.78, 5) is 22.5. The fourth-order valence-corrected chi connectivity index (χ4v) is 3.90. The van der Waals surface area contributed by atoms with Gasteiger partial charge >= 0.3 is 5.97 Å². The SMILES string of the molecule is CCOC(=O)c1sc2nc(C)nc(NC[C@H]3CCCO3)c2c1C. The zero-order chi connectivity index (χ0) is 16.4. The molecule has 6 nitrogen and oxygen atoms in total. The highest BCUT2D eigenvalue weighted by Gasteiger charge is 2.22. The Balaban J connectivity index is 1.94. The Morgan fingerprint density at radius 1 is 1.43 bits per heavy atom. The number of ether oxygens (including phenoxy) is 2. The molecule has 3 heterocycles. The Morgan fingerprint density at radius 3 is 2.96 bits per heavy atom. The minimum Gasteiger partial charge on any atom is -0.462 e. The Morgan fingerprint density at radius 2 is 2.26 bits per heavy atom. The van der Waals surface area contributed by atoms with E-state index in [0.717, 1.165) is 47.6 Å². The van der Waals surface area contributed by atoms with Gasteiger partial charge in [0.1, 0.15) is 21.3 Å². The van der Waals surface area contributed by atoms with Crippen LogP contribution in [0.1, 0.15) is 40.8 Å². The van der Waals surface area contributed by atoms with Gasteiger partial charge in [-0.3, -0.25) is 0 Å². The summed E-state index contributed by atoms with van der Waals surface area (Å²) in [5.74, 6) is 1.16. The molecule has 7 heteroatoms. The number of anilines is 1. The van der Waals surface area contributed by atoms with Crippen molar-refractivity contribution in [1.29, 1.82) is 0 Å². The standard InChI is InChI=1S/C16H21N3O3S/c1-4-21-16(20)13-9(2)12-14(17-8-11-6-5-7-22-11)18-10(3)19-15(12)23-13/h11H,4-8H2,1-3H3,(H,17,18,19)/t11-/m1/s1. The third-order valence-corrected chi connectivity index (χ3v) is 5.05. The maximum Gasteiger partial charge on any atom is 0.348 e. The van der Waals surface area contributed by atoms with E-state index in [1.807, 2.05) is 13.8 Å². The molecule has 1 aliphatic heterocycles. The van der Waals surface area contributed by atoms with Gasteiger partial charge < -0.3 is 14.8 Å². The molecule has 0 amide bonds. The van der Waals surface area contributed by atoms with Crippen molar-refractivity contribution in [3.63, 3.8) is 0 Å². The third-order valence-electron chi connectivity index (χ3n) is 3.88. The van der Waals surface area contributed by atoms with Gasteiger partial charge in [0, 0.05) is 13.2 Å². The second-order valence-corrected chi connectivity index (χ2v) is 6.59. The van der Waals surface area contributed by atoms with E-state index in [9.17, 15) is 4.79 Å². The van der Waals surface area contributed by atoms with E-state index in [-0.39, 0.29) is 12.1 Å². The molecule has 1 aliphatic rings. The lowest BCUT2D eigenvalue weighted by molar-refractivity contribution is 0.0531. The van der Waals surface area contributed by atoms with Crippen molar-refractivity contribution >= 4 is 33.3 Å². The molecular weight excluding hydrogens is 314 g/mol. The van der Waals surface area contributed by atoms with E-state index in [2.05, 4.69) is 15.3 Å². The van der Waals surface area contributed by atoms with Crippen molar-refractivity contribution in [2.75, 3.05) is 25.1 Å². The summed E-state index contributed by atoms with van der Waals surface area (Å²) >= 11 is 1.36. The average Bonchev–Trinajstić information content (AvgIpc) is 3.13. The number of nitrogens with zero attached hydrogens (tertiary/aromatic N) is 2. The fourth-order valence-electron chi connectivity index (χ4n) is 2.78. The van der Waals surface area contributed by atoms with Crippen LogP contribution in [0.15, 0.2) is 0 Å². The second-order valence-electron chi connectivity index (χ2n) is 5.59. The molecule has 2 aromatic rings. The smallest absolute Gasteiger partial charge is 0.348 e. The monoisotopic (exact) mass is 335 g/mol. The van der Waals surface area contributed by atoms with Crippen molar-refractivity contribution < 1.29 is 14.3 Å². The molecule has 1 fully saturated rings. The number of carbonyl (C=O) groups excluding carboxylic acids is 1. The quantitative estimate of drug-likeness (QED) is 0.847. The van der Waals surface area contributed by atoms with Crippen LogP contribution < -0.4 is 5.32 Å². The van der Waals surface area contributed by atoms with Gasteiger partial charge in [0.15, 0.2) is 0 Å². The first-order chi connectivity index (χ1) is 11.1. The predicted molar refractivity (Wildman–Crippen MR) is 90.3 cm³/mol. The second kappa shape index (κ2) is 6.80. The lowest BCUT2D eigenvalue weighted by Crippen LogP contribution is -2.19. The van der Waals surface area contributed by atoms with Crippen LogP contribution in [-0.2, 0) is 9.47 Å². The third kappa shape index (κ3) is 3.30. The number of aromatic nitrogens is 2. The highest BCUT2D eigenvalue weighted by molar-refractivity contribution is 7.20. The van der Waals surface area contributed by atoms with Gasteiger partial charge in [-0.2, -0.15) is 0 Å². The van der Waals surface area contributed by atoms with Crippen LogP contribution in [0.25, 0.3) is 10.2 Å². The molecule has 0 saturated carbocycles.